The summed E-state index contributed by atoms with van der Waals surface area (Å²) in [7, 11) is -4.39. The minimum Gasteiger partial charge on any atom is -0.328 e. The molecule has 0 bridgehead atoms. The van der Waals surface area contributed by atoms with Gasteiger partial charge in [-0.05, 0) is 30.7 Å². The first-order chi connectivity index (χ1) is 12.5. The van der Waals surface area contributed by atoms with Crippen molar-refractivity contribution in [2.45, 2.75) is 24.3 Å². The van der Waals surface area contributed by atoms with Crippen LogP contribution in [0.15, 0.2) is 53.6 Å². The first kappa shape index (κ1) is 16.7. The number of halogens is 2. The van der Waals surface area contributed by atoms with Crippen molar-refractivity contribution in [1.29, 1.82) is 0 Å². The summed E-state index contributed by atoms with van der Waals surface area (Å²) < 4.78 is 56.8. The van der Waals surface area contributed by atoms with Crippen molar-refractivity contribution < 1.29 is 17.2 Å². The molecule has 5 nitrogen and oxygen atoms in total. The van der Waals surface area contributed by atoms with Crippen LogP contribution in [0.1, 0.15) is 12.2 Å². The van der Waals surface area contributed by atoms with E-state index in [4.69, 9.17) is 0 Å². The Morgan fingerprint density at radius 3 is 2.58 bits per heavy atom. The van der Waals surface area contributed by atoms with E-state index >= 15 is 0 Å². The summed E-state index contributed by atoms with van der Waals surface area (Å²) in [5, 5.41) is 0. The minimum absolute atomic E-state index is 0.221. The van der Waals surface area contributed by atoms with Gasteiger partial charge in [0, 0.05) is 24.2 Å². The lowest BCUT2D eigenvalue weighted by atomic mass is 10.1. The van der Waals surface area contributed by atoms with E-state index in [9.17, 15) is 17.2 Å². The number of anilines is 1. The smallest absolute Gasteiger partial charge is 0.267 e. The maximum atomic E-state index is 13.8. The van der Waals surface area contributed by atoms with Crippen molar-refractivity contribution in [2.75, 3.05) is 4.72 Å². The Morgan fingerprint density at radius 1 is 1.08 bits per heavy atom. The highest BCUT2D eigenvalue weighted by atomic mass is 32.2. The molecule has 2 aromatic carbocycles. The van der Waals surface area contributed by atoms with E-state index in [1.54, 1.807) is 18.3 Å². The summed E-state index contributed by atoms with van der Waals surface area (Å²) in [4.78, 5) is 3.38. The summed E-state index contributed by atoms with van der Waals surface area (Å²) in [5.74, 6) is -1.27. The molecule has 26 heavy (non-hydrogen) atoms. The van der Waals surface area contributed by atoms with Crippen molar-refractivity contribution in [1.82, 2.24) is 9.55 Å². The first-order valence-corrected chi connectivity index (χ1v) is 9.56. The molecule has 134 valence electrons. The molecule has 0 amide bonds. The van der Waals surface area contributed by atoms with Crippen LogP contribution >= 0.6 is 0 Å². The summed E-state index contributed by atoms with van der Waals surface area (Å²) in [6, 6.07) is 9.60. The molecule has 0 saturated heterocycles. The van der Waals surface area contributed by atoms with Crippen molar-refractivity contribution in [3.05, 3.63) is 66.1 Å². The predicted octanol–water partition coefficient (Wildman–Crippen LogP) is 3.58. The summed E-state index contributed by atoms with van der Waals surface area (Å²) in [6.07, 6.45) is 3.69. The van der Waals surface area contributed by atoms with E-state index in [1.807, 2.05) is 6.07 Å². The fourth-order valence-corrected chi connectivity index (χ4v) is 4.37. The first-order valence-electron chi connectivity index (χ1n) is 8.07. The van der Waals surface area contributed by atoms with Gasteiger partial charge in [-0.1, -0.05) is 18.2 Å². The highest BCUT2D eigenvalue weighted by Gasteiger charge is 2.24. The molecule has 0 spiro atoms. The zero-order valence-corrected chi connectivity index (χ0v) is 14.4. The van der Waals surface area contributed by atoms with Gasteiger partial charge >= 0.3 is 0 Å². The number of imidazole rings is 1. The van der Waals surface area contributed by atoms with Gasteiger partial charge in [-0.2, -0.15) is 0 Å². The SMILES string of the molecule is O=S(=O)(Nc1cccc(-c2cnc3n2CCC3)c1)c1c(F)cccc1F. The number of aryl methyl sites for hydroxylation is 1. The van der Waals surface area contributed by atoms with Gasteiger partial charge in [0.2, 0.25) is 0 Å². The summed E-state index contributed by atoms with van der Waals surface area (Å²) >= 11 is 0. The largest absolute Gasteiger partial charge is 0.328 e. The normalized spacial score (nSPS) is 13.6. The van der Waals surface area contributed by atoms with E-state index in [0.29, 0.717) is 0 Å². The third kappa shape index (κ3) is 2.86. The lowest BCUT2D eigenvalue weighted by Gasteiger charge is -2.11. The maximum Gasteiger partial charge on any atom is 0.267 e. The third-order valence-corrected chi connectivity index (χ3v) is 5.75. The van der Waals surface area contributed by atoms with E-state index in [1.165, 1.54) is 6.07 Å². The molecule has 0 fully saturated rings. The van der Waals surface area contributed by atoms with Gasteiger partial charge in [-0.25, -0.2) is 22.2 Å². The molecule has 8 heteroatoms. The van der Waals surface area contributed by atoms with E-state index < -0.39 is 26.6 Å². The number of benzene rings is 2. The second-order valence-electron chi connectivity index (χ2n) is 6.05. The monoisotopic (exact) mass is 375 g/mol. The van der Waals surface area contributed by atoms with Crippen LogP contribution < -0.4 is 4.72 Å². The van der Waals surface area contributed by atoms with Crippen molar-refractivity contribution in [3.8, 4) is 11.3 Å². The topological polar surface area (TPSA) is 64.0 Å². The molecule has 1 aromatic heterocycles. The van der Waals surface area contributed by atoms with Gasteiger partial charge in [0.25, 0.3) is 10.0 Å². The number of nitrogens with one attached hydrogen (secondary N) is 1. The molecule has 3 aromatic rings. The lowest BCUT2D eigenvalue weighted by Crippen LogP contribution is -2.16. The highest BCUT2D eigenvalue weighted by Crippen LogP contribution is 2.28. The molecule has 0 atom stereocenters. The standard InChI is InChI=1S/C18H15F2N3O2S/c19-14-6-2-7-15(20)18(14)26(24,25)22-13-5-1-4-12(10-13)16-11-21-17-8-3-9-23(16)17/h1-2,4-7,10-11,22H,3,8-9H2. The average molecular weight is 375 g/mol. The van der Waals surface area contributed by atoms with Crippen LogP contribution in [0.2, 0.25) is 0 Å². The molecule has 1 aliphatic rings. The quantitative estimate of drug-likeness (QED) is 0.758. The van der Waals surface area contributed by atoms with Crippen LogP contribution in [0.25, 0.3) is 11.3 Å². The fourth-order valence-electron chi connectivity index (χ4n) is 3.18. The van der Waals surface area contributed by atoms with Gasteiger partial charge in [0.05, 0.1) is 11.9 Å². The van der Waals surface area contributed by atoms with Crippen molar-refractivity contribution in [3.63, 3.8) is 0 Å². The van der Waals surface area contributed by atoms with Crippen LogP contribution in [0, 0.1) is 11.6 Å². The lowest BCUT2D eigenvalue weighted by molar-refractivity contribution is 0.521. The summed E-state index contributed by atoms with van der Waals surface area (Å²) in [5.41, 5.74) is 1.88. The molecule has 2 heterocycles. The molecular formula is C18H15F2N3O2S. The number of hydrogen-bond acceptors (Lipinski definition) is 3. The zero-order chi connectivity index (χ0) is 18.3. The highest BCUT2D eigenvalue weighted by molar-refractivity contribution is 7.92. The molecule has 0 aliphatic carbocycles. The molecule has 1 N–H and O–H groups in total. The second-order valence-corrected chi connectivity index (χ2v) is 7.67. The number of hydrogen-bond donors (Lipinski definition) is 1. The van der Waals surface area contributed by atoms with Crippen LogP contribution in [-0.4, -0.2) is 18.0 Å². The fraction of sp³-hybridized carbons (Fsp3) is 0.167. The van der Waals surface area contributed by atoms with Crippen LogP contribution in [0.5, 0.6) is 0 Å². The molecule has 0 unspecified atom stereocenters. The molecule has 0 saturated carbocycles. The Labute approximate surface area is 149 Å². The van der Waals surface area contributed by atoms with E-state index in [0.717, 1.165) is 54.7 Å². The molecule has 0 radical (unpaired) electrons. The minimum atomic E-state index is -4.39. The molecule has 1 aliphatic heterocycles. The van der Waals surface area contributed by atoms with Crippen molar-refractivity contribution in [2.24, 2.45) is 0 Å². The number of fused-ring (bicyclic) bond motifs is 1. The Balaban J connectivity index is 1.69. The number of rotatable bonds is 4. The Bertz CT molecular complexity index is 1070. The Kier molecular flexibility index (Phi) is 3.99. The van der Waals surface area contributed by atoms with Crippen LogP contribution in [0.4, 0.5) is 14.5 Å². The molecule has 4 rings (SSSR count). The number of aromatic nitrogens is 2. The van der Waals surface area contributed by atoms with Gasteiger partial charge in [0.15, 0.2) is 4.90 Å². The Morgan fingerprint density at radius 2 is 1.81 bits per heavy atom. The number of nitrogens with zero attached hydrogens (tertiary/aromatic N) is 2. The van der Waals surface area contributed by atoms with E-state index in [-0.39, 0.29) is 5.69 Å². The second kappa shape index (κ2) is 6.21. The Hall–Kier alpha value is -2.74. The van der Waals surface area contributed by atoms with Crippen LogP contribution in [0.3, 0.4) is 0 Å². The zero-order valence-electron chi connectivity index (χ0n) is 13.6. The van der Waals surface area contributed by atoms with Gasteiger partial charge < -0.3 is 4.57 Å². The maximum absolute atomic E-state index is 13.8. The summed E-state index contributed by atoms with van der Waals surface area (Å²) in [6.45, 7) is 0.862. The van der Waals surface area contributed by atoms with Crippen molar-refractivity contribution >= 4 is 15.7 Å². The number of sulfonamides is 1. The van der Waals surface area contributed by atoms with Gasteiger partial charge in [0.1, 0.15) is 17.5 Å². The predicted molar refractivity (Wildman–Crippen MR) is 93.2 cm³/mol. The average Bonchev–Trinajstić information content (AvgIpc) is 3.17. The molecular weight excluding hydrogens is 360 g/mol. The third-order valence-electron chi connectivity index (χ3n) is 4.32. The van der Waals surface area contributed by atoms with Gasteiger partial charge in [-0.3, -0.25) is 4.72 Å². The van der Waals surface area contributed by atoms with Gasteiger partial charge in [-0.15, -0.1) is 0 Å². The van der Waals surface area contributed by atoms with E-state index in [2.05, 4.69) is 14.3 Å². The van der Waals surface area contributed by atoms with Crippen LogP contribution in [-0.2, 0) is 23.0 Å².